The van der Waals surface area contributed by atoms with Crippen molar-refractivity contribution in [3.63, 3.8) is 0 Å². The van der Waals surface area contributed by atoms with E-state index in [0.29, 0.717) is 23.5 Å². The lowest BCUT2D eigenvalue weighted by Gasteiger charge is -2.27. The van der Waals surface area contributed by atoms with Crippen molar-refractivity contribution in [2.24, 2.45) is 5.92 Å². The largest absolute Gasteiger partial charge is 0.354 e. The molecule has 2 atom stereocenters. The van der Waals surface area contributed by atoms with Crippen LogP contribution in [0.2, 0.25) is 5.02 Å². The molecule has 1 fully saturated rings. The highest BCUT2D eigenvalue weighted by molar-refractivity contribution is 6.30. The van der Waals surface area contributed by atoms with Crippen LogP contribution in [0.3, 0.4) is 0 Å². The van der Waals surface area contributed by atoms with Crippen molar-refractivity contribution in [1.29, 1.82) is 0 Å². The monoisotopic (exact) mass is 322 g/mol. The van der Waals surface area contributed by atoms with Crippen molar-refractivity contribution < 1.29 is 4.79 Å². The SMILES string of the molecule is CCN(CC)C(C)CNC(=O)C(c1ccc(Cl)cc1)C1CC1. The molecule has 0 radical (unpaired) electrons. The Hall–Kier alpha value is -1.06. The van der Waals surface area contributed by atoms with Gasteiger partial charge >= 0.3 is 0 Å². The summed E-state index contributed by atoms with van der Waals surface area (Å²) in [6.45, 7) is 9.21. The molecule has 0 heterocycles. The molecule has 0 bridgehead atoms. The molecule has 22 heavy (non-hydrogen) atoms. The molecular weight excluding hydrogens is 296 g/mol. The Morgan fingerprint density at radius 3 is 2.36 bits per heavy atom. The van der Waals surface area contributed by atoms with Gasteiger partial charge in [-0.3, -0.25) is 9.69 Å². The lowest BCUT2D eigenvalue weighted by atomic mass is 9.93. The van der Waals surface area contributed by atoms with Crippen LogP contribution in [-0.4, -0.2) is 36.5 Å². The molecule has 0 aromatic heterocycles. The first-order valence-electron chi connectivity index (χ1n) is 8.34. The van der Waals surface area contributed by atoms with Gasteiger partial charge < -0.3 is 5.32 Å². The predicted octanol–water partition coefficient (Wildman–Crippen LogP) is 3.68. The van der Waals surface area contributed by atoms with E-state index in [0.717, 1.165) is 31.5 Å². The zero-order valence-corrected chi connectivity index (χ0v) is 14.6. The molecule has 0 spiro atoms. The number of hydrogen-bond acceptors (Lipinski definition) is 2. The van der Waals surface area contributed by atoms with E-state index >= 15 is 0 Å². The second-order valence-corrected chi connectivity index (χ2v) is 6.62. The number of hydrogen-bond donors (Lipinski definition) is 1. The van der Waals surface area contributed by atoms with E-state index in [4.69, 9.17) is 11.6 Å². The summed E-state index contributed by atoms with van der Waals surface area (Å²) in [6.07, 6.45) is 2.29. The first-order valence-corrected chi connectivity index (χ1v) is 8.71. The highest BCUT2D eigenvalue weighted by Gasteiger charge is 2.37. The minimum absolute atomic E-state index is 0.0267. The second-order valence-electron chi connectivity index (χ2n) is 6.18. The molecule has 3 nitrogen and oxygen atoms in total. The maximum absolute atomic E-state index is 12.7. The Bertz CT molecular complexity index is 480. The first kappa shape index (κ1) is 17.3. The van der Waals surface area contributed by atoms with Gasteiger partial charge in [-0.05, 0) is 56.5 Å². The second kappa shape index (κ2) is 7.98. The van der Waals surface area contributed by atoms with Crippen LogP contribution >= 0.6 is 11.6 Å². The smallest absolute Gasteiger partial charge is 0.227 e. The van der Waals surface area contributed by atoms with Crippen molar-refractivity contribution in [3.8, 4) is 0 Å². The molecular formula is C18H27ClN2O. The number of carbonyl (C=O) groups excluding carboxylic acids is 1. The summed E-state index contributed by atoms with van der Waals surface area (Å²) in [6, 6.07) is 8.08. The third kappa shape index (κ3) is 4.47. The molecule has 0 saturated heterocycles. The van der Waals surface area contributed by atoms with Crippen LogP contribution in [0, 0.1) is 5.92 Å². The number of nitrogens with one attached hydrogen (secondary N) is 1. The quantitative estimate of drug-likeness (QED) is 0.792. The normalized spacial score (nSPS) is 17.3. The van der Waals surface area contributed by atoms with Gasteiger partial charge in [-0.15, -0.1) is 0 Å². The van der Waals surface area contributed by atoms with E-state index < -0.39 is 0 Å². The molecule has 0 aliphatic heterocycles. The van der Waals surface area contributed by atoms with Crippen LogP contribution < -0.4 is 5.32 Å². The highest BCUT2D eigenvalue weighted by atomic mass is 35.5. The van der Waals surface area contributed by atoms with E-state index in [1.807, 2.05) is 24.3 Å². The van der Waals surface area contributed by atoms with Gasteiger partial charge in [0, 0.05) is 17.6 Å². The Kier molecular flexibility index (Phi) is 6.27. The molecule has 122 valence electrons. The summed E-state index contributed by atoms with van der Waals surface area (Å²) in [7, 11) is 0. The van der Waals surface area contributed by atoms with Crippen molar-refractivity contribution in [2.45, 2.75) is 45.6 Å². The average molecular weight is 323 g/mol. The minimum Gasteiger partial charge on any atom is -0.354 e. The van der Waals surface area contributed by atoms with Gasteiger partial charge in [-0.25, -0.2) is 0 Å². The van der Waals surface area contributed by atoms with Crippen molar-refractivity contribution in [2.75, 3.05) is 19.6 Å². The Morgan fingerprint density at radius 1 is 1.27 bits per heavy atom. The number of benzene rings is 1. The van der Waals surface area contributed by atoms with Gasteiger partial charge in [0.15, 0.2) is 0 Å². The summed E-state index contributed by atoms with van der Waals surface area (Å²) in [4.78, 5) is 15.0. The molecule has 2 rings (SSSR count). The molecule has 1 aromatic carbocycles. The first-order chi connectivity index (χ1) is 10.6. The average Bonchev–Trinajstić information content (AvgIpc) is 3.33. The molecule has 1 aliphatic carbocycles. The van der Waals surface area contributed by atoms with Crippen LogP contribution in [0.4, 0.5) is 0 Å². The summed E-state index contributed by atoms with van der Waals surface area (Å²) in [5.74, 6) is 0.620. The van der Waals surface area contributed by atoms with Crippen LogP contribution in [0.25, 0.3) is 0 Å². The topological polar surface area (TPSA) is 32.3 Å². The summed E-state index contributed by atoms with van der Waals surface area (Å²) in [5.41, 5.74) is 1.08. The number of nitrogens with zero attached hydrogens (tertiary/aromatic N) is 1. The maximum atomic E-state index is 12.7. The fourth-order valence-corrected chi connectivity index (χ4v) is 3.20. The molecule has 2 unspecified atom stereocenters. The predicted molar refractivity (Wildman–Crippen MR) is 92.3 cm³/mol. The Balaban J connectivity index is 1.97. The van der Waals surface area contributed by atoms with Gasteiger partial charge in [0.1, 0.15) is 0 Å². The van der Waals surface area contributed by atoms with Gasteiger partial charge in [0.25, 0.3) is 0 Å². The summed E-state index contributed by atoms with van der Waals surface area (Å²) >= 11 is 5.95. The Labute approximate surface area is 139 Å². The van der Waals surface area contributed by atoms with Gasteiger partial charge in [0.2, 0.25) is 5.91 Å². The van der Waals surface area contributed by atoms with Gasteiger partial charge in [0.05, 0.1) is 5.92 Å². The third-order valence-electron chi connectivity index (χ3n) is 4.61. The number of likely N-dealkylation sites (N-methyl/N-ethyl adjacent to an activating group) is 1. The highest BCUT2D eigenvalue weighted by Crippen LogP contribution is 2.42. The number of carbonyl (C=O) groups is 1. The summed E-state index contributed by atoms with van der Waals surface area (Å²) < 4.78 is 0. The van der Waals surface area contributed by atoms with Crippen molar-refractivity contribution >= 4 is 17.5 Å². The van der Waals surface area contributed by atoms with E-state index in [2.05, 4.69) is 31.0 Å². The van der Waals surface area contributed by atoms with Crippen LogP contribution in [0.5, 0.6) is 0 Å². The lowest BCUT2D eigenvalue weighted by molar-refractivity contribution is -0.123. The number of halogens is 1. The fraction of sp³-hybridized carbons (Fsp3) is 0.611. The fourth-order valence-electron chi connectivity index (χ4n) is 3.07. The van der Waals surface area contributed by atoms with E-state index in [1.54, 1.807) is 0 Å². The van der Waals surface area contributed by atoms with E-state index in [1.165, 1.54) is 0 Å². The number of rotatable bonds is 8. The molecule has 1 aliphatic rings. The number of amides is 1. The van der Waals surface area contributed by atoms with Crippen LogP contribution in [0.15, 0.2) is 24.3 Å². The van der Waals surface area contributed by atoms with Crippen molar-refractivity contribution in [3.05, 3.63) is 34.9 Å². The van der Waals surface area contributed by atoms with E-state index in [-0.39, 0.29) is 11.8 Å². The molecule has 1 aromatic rings. The van der Waals surface area contributed by atoms with E-state index in [9.17, 15) is 4.79 Å². The molecule has 1 saturated carbocycles. The lowest BCUT2D eigenvalue weighted by Crippen LogP contribution is -2.43. The Morgan fingerprint density at radius 2 is 1.86 bits per heavy atom. The molecule has 1 amide bonds. The van der Waals surface area contributed by atoms with Gasteiger partial charge in [-0.1, -0.05) is 37.6 Å². The van der Waals surface area contributed by atoms with Crippen LogP contribution in [-0.2, 0) is 4.79 Å². The van der Waals surface area contributed by atoms with Crippen molar-refractivity contribution in [1.82, 2.24) is 10.2 Å². The molecule has 4 heteroatoms. The summed E-state index contributed by atoms with van der Waals surface area (Å²) in [5, 5.41) is 3.87. The zero-order valence-electron chi connectivity index (χ0n) is 13.8. The molecule has 1 N–H and O–H groups in total. The zero-order chi connectivity index (χ0) is 16.1. The maximum Gasteiger partial charge on any atom is 0.227 e. The third-order valence-corrected chi connectivity index (χ3v) is 4.86. The van der Waals surface area contributed by atoms with Gasteiger partial charge in [-0.2, -0.15) is 0 Å². The van der Waals surface area contributed by atoms with Crippen LogP contribution in [0.1, 0.15) is 45.1 Å². The standard InChI is InChI=1S/C18H27ClN2O/c1-4-21(5-2)13(3)12-20-18(22)17(14-6-7-14)15-8-10-16(19)11-9-15/h8-11,13-14,17H,4-7,12H2,1-3H3,(H,20,22). The minimum atomic E-state index is -0.0267.